The summed E-state index contributed by atoms with van der Waals surface area (Å²) in [5, 5.41) is 0. The van der Waals surface area contributed by atoms with Gasteiger partial charge in [0.2, 0.25) is 5.91 Å². The second-order valence-corrected chi connectivity index (χ2v) is 4.73. The molecule has 0 aliphatic rings. The molecule has 0 aromatic rings. The van der Waals surface area contributed by atoms with Crippen molar-refractivity contribution in [2.75, 3.05) is 27.3 Å². The molecule has 0 saturated heterocycles. The van der Waals surface area contributed by atoms with Crippen molar-refractivity contribution in [1.29, 1.82) is 0 Å². The van der Waals surface area contributed by atoms with Gasteiger partial charge in [-0.05, 0) is 12.8 Å². The van der Waals surface area contributed by atoms with Gasteiger partial charge in [-0.2, -0.15) is 0 Å². The summed E-state index contributed by atoms with van der Waals surface area (Å²) in [5.41, 5.74) is 0. The third-order valence-corrected chi connectivity index (χ3v) is 3.15. The molecule has 3 heteroatoms. The van der Waals surface area contributed by atoms with Crippen LogP contribution in [0.5, 0.6) is 0 Å². The van der Waals surface area contributed by atoms with Crippen LogP contribution in [0.15, 0.2) is 0 Å². The summed E-state index contributed by atoms with van der Waals surface area (Å²) >= 11 is 0. The van der Waals surface area contributed by atoms with Crippen molar-refractivity contribution >= 4 is 5.91 Å². The lowest BCUT2D eigenvalue weighted by molar-refractivity contribution is -0.135. The fraction of sp³-hybridized carbons (Fsp3) is 0.929. The van der Waals surface area contributed by atoms with Gasteiger partial charge in [0.05, 0.1) is 6.61 Å². The number of methoxy groups -OCH3 is 1. The minimum Gasteiger partial charge on any atom is -0.383 e. The summed E-state index contributed by atoms with van der Waals surface area (Å²) in [6.45, 7) is 5.66. The molecule has 3 nitrogen and oxygen atoms in total. The zero-order chi connectivity index (χ0) is 13.1. The van der Waals surface area contributed by atoms with Crippen LogP contribution in [0.2, 0.25) is 0 Å². The maximum atomic E-state index is 12.2. The van der Waals surface area contributed by atoms with E-state index in [1.54, 1.807) is 7.11 Å². The summed E-state index contributed by atoms with van der Waals surface area (Å²) in [6.07, 6.45) is 6.76. The molecule has 0 radical (unpaired) electrons. The molecular weight excluding hydrogens is 214 g/mol. The largest absolute Gasteiger partial charge is 0.383 e. The molecule has 0 spiro atoms. The van der Waals surface area contributed by atoms with Crippen molar-refractivity contribution in [3.63, 3.8) is 0 Å². The minimum atomic E-state index is 0.216. The van der Waals surface area contributed by atoms with E-state index in [9.17, 15) is 4.79 Å². The van der Waals surface area contributed by atoms with Crippen LogP contribution in [0.4, 0.5) is 0 Å². The second kappa shape index (κ2) is 10.6. The zero-order valence-corrected chi connectivity index (χ0v) is 12.0. The molecule has 0 aliphatic heterocycles. The van der Waals surface area contributed by atoms with Crippen LogP contribution < -0.4 is 0 Å². The van der Waals surface area contributed by atoms with Gasteiger partial charge in [-0.1, -0.05) is 39.5 Å². The van der Waals surface area contributed by atoms with Crippen LogP contribution >= 0.6 is 0 Å². The van der Waals surface area contributed by atoms with Crippen LogP contribution in [0.25, 0.3) is 0 Å². The second-order valence-electron chi connectivity index (χ2n) is 4.73. The Hall–Kier alpha value is -0.570. The lowest BCUT2D eigenvalue weighted by Crippen LogP contribution is -2.35. The van der Waals surface area contributed by atoms with Gasteiger partial charge in [0.25, 0.3) is 0 Å². The first kappa shape index (κ1) is 16.4. The molecule has 0 aromatic carbocycles. The van der Waals surface area contributed by atoms with Gasteiger partial charge in [-0.15, -0.1) is 0 Å². The number of carbonyl (C=O) groups is 1. The van der Waals surface area contributed by atoms with E-state index in [-0.39, 0.29) is 5.92 Å². The Morgan fingerprint density at radius 2 is 1.88 bits per heavy atom. The molecular formula is C14H29NO2. The minimum absolute atomic E-state index is 0.216. The van der Waals surface area contributed by atoms with E-state index in [0.717, 1.165) is 19.3 Å². The predicted molar refractivity (Wildman–Crippen MR) is 72.1 cm³/mol. The van der Waals surface area contributed by atoms with Crippen molar-refractivity contribution < 1.29 is 9.53 Å². The van der Waals surface area contributed by atoms with E-state index in [0.29, 0.717) is 19.1 Å². The standard InChI is InChI=1S/C14H29NO2/c1-5-7-8-10-13(9-6-2)14(16)15(3)11-12-17-4/h13H,5-12H2,1-4H3/t13-/m1/s1. The first-order valence-electron chi connectivity index (χ1n) is 6.91. The Kier molecular flexibility index (Phi) is 10.2. The third kappa shape index (κ3) is 7.37. The molecule has 0 aromatic heterocycles. The van der Waals surface area contributed by atoms with Gasteiger partial charge in [0.15, 0.2) is 0 Å². The molecule has 102 valence electrons. The molecule has 0 heterocycles. The molecule has 1 atom stereocenters. The van der Waals surface area contributed by atoms with Crippen molar-refractivity contribution in [3.05, 3.63) is 0 Å². The predicted octanol–water partition coefficient (Wildman–Crippen LogP) is 3.09. The van der Waals surface area contributed by atoms with Gasteiger partial charge in [-0.3, -0.25) is 4.79 Å². The third-order valence-electron chi connectivity index (χ3n) is 3.15. The first-order chi connectivity index (χ1) is 8.17. The number of carbonyl (C=O) groups excluding carboxylic acids is 1. The fourth-order valence-corrected chi connectivity index (χ4v) is 2.03. The monoisotopic (exact) mass is 243 g/mol. The fourth-order valence-electron chi connectivity index (χ4n) is 2.03. The highest BCUT2D eigenvalue weighted by atomic mass is 16.5. The van der Waals surface area contributed by atoms with E-state index >= 15 is 0 Å². The Bertz CT molecular complexity index is 195. The average molecular weight is 243 g/mol. The Morgan fingerprint density at radius 3 is 2.41 bits per heavy atom. The summed E-state index contributed by atoms with van der Waals surface area (Å²) in [6, 6.07) is 0. The molecule has 0 fully saturated rings. The highest BCUT2D eigenvalue weighted by Crippen LogP contribution is 2.18. The highest BCUT2D eigenvalue weighted by Gasteiger charge is 2.20. The Morgan fingerprint density at radius 1 is 1.18 bits per heavy atom. The van der Waals surface area contributed by atoms with E-state index < -0.39 is 0 Å². The zero-order valence-electron chi connectivity index (χ0n) is 12.0. The smallest absolute Gasteiger partial charge is 0.225 e. The highest BCUT2D eigenvalue weighted by molar-refractivity contribution is 5.78. The summed E-state index contributed by atoms with van der Waals surface area (Å²) in [7, 11) is 3.55. The normalized spacial score (nSPS) is 12.5. The molecule has 0 saturated carbocycles. The van der Waals surface area contributed by atoms with E-state index in [4.69, 9.17) is 4.74 Å². The average Bonchev–Trinajstić information content (AvgIpc) is 2.34. The van der Waals surface area contributed by atoms with Gasteiger partial charge in [0.1, 0.15) is 0 Å². The summed E-state index contributed by atoms with van der Waals surface area (Å²) in [4.78, 5) is 14.0. The van der Waals surface area contributed by atoms with Crippen LogP contribution in [0.1, 0.15) is 52.4 Å². The molecule has 0 bridgehead atoms. The number of unbranched alkanes of at least 4 members (excludes halogenated alkanes) is 2. The quantitative estimate of drug-likeness (QED) is 0.552. The van der Waals surface area contributed by atoms with Gasteiger partial charge in [0, 0.05) is 26.6 Å². The topological polar surface area (TPSA) is 29.5 Å². The van der Waals surface area contributed by atoms with E-state index in [2.05, 4.69) is 13.8 Å². The van der Waals surface area contributed by atoms with Gasteiger partial charge < -0.3 is 9.64 Å². The maximum absolute atomic E-state index is 12.2. The van der Waals surface area contributed by atoms with Crippen molar-refractivity contribution in [3.8, 4) is 0 Å². The molecule has 0 N–H and O–H groups in total. The Labute approximate surface area is 107 Å². The maximum Gasteiger partial charge on any atom is 0.225 e. The molecule has 0 rings (SSSR count). The molecule has 1 amide bonds. The number of amides is 1. The molecule has 17 heavy (non-hydrogen) atoms. The number of rotatable bonds is 10. The van der Waals surface area contributed by atoms with Gasteiger partial charge in [-0.25, -0.2) is 0 Å². The number of ether oxygens (including phenoxy) is 1. The van der Waals surface area contributed by atoms with Crippen LogP contribution in [0.3, 0.4) is 0 Å². The van der Waals surface area contributed by atoms with Crippen LogP contribution in [-0.4, -0.2) is 38.1 Å². The van der Waals surface area contributed by atoms with Crippen LogP contribution in [0, 0.1) is 5.92 Å². The number of hydrogen-bond donors (Lipinski definition) is 0. The van der Waals surface area contributed by atoms with Crippen molar-refractivity contribution in [2.45, 2.75) is 52.4 Å². The lowest BCUT2D eigenvalue weighted by atomic mass is 9.95. The number of nitrogens with zero attached hydrogens (tertiary/aromatic N) is 1. The SMILES string of the molecule is CCCCC[C@@H](CCC)C(=O)N(C)CCOC. The summed E-state index contributed by atoms with van der Waals surface area (Å²) in [5.74, 6) is 0.508. The number of hydrogen-bond acceptors (Lipinski definition) is 2. The lowest BCUT2D eigenvalue weighted by Gasteiger charge is -2.23. The van der Waals surface area contributed by atoms with Crippen molar-refractivity contribution in [1.82, 2.24) is 4.90 Å². The van der Waals surface area contributed by atoms with E-state index in [1.807, 2.05) is 11.9 Å². The molecule has 0 aliphatic carbocycles. The number of likely N-dealkylation sites (N-methyl/N-ethyl adjacent to an activating group) is 1. The van der Waals surface area contributed by atoms with Gasteiger partial charge >= 0.3 is 0 Å². The van der Waals surface area contributed by atoms with Crippen molar-refractivity contribution in [2.24, 2.45) is 5.92 Å². The Balaban J connectivity index is 4.11. The first-order valence-corrected chi connectivity index (χ1v) is 6.91. The van der Waals surface area contributed by atoms with Crippen LogP contribution in [-0.2, 0) is 9.53 Å². The molecule has 0 unspecified atom stereocenters. The summed E-state index contributed by atoms with van der Waals surface area (Å²) < 4.78 is 5.01. The van der Waals surface area contributed by atoms with E-state index in [1.165, 1.54) is 19.3 Å².